The largest absolute Gasteiger partial charge is 0.477 e. The van der Waals surface area contributed by atoms with Crippen molar-refractivity contribution < 1.29 is 9.53 Å². The van der Waals surface area contributed by atoms with Crippen molar-refractivity contribution >= 4 is 11.6 Å². The van der Waals surface area contributed by atoms with Gasteiger partial charge in [-0.3, -0.25) is 4.79 Å². The van der Waals surface area contributed by atoms with Crippen LogP contribution in [0.4, 0.5) is 5.69 Å². The first kappa shape index (κ1) is 12.6. The van der Waals surface area contributed by atoms with Crippen LogP contribution in [0.25, 0.3) is 0 Å². The quantitative estimate of drug-likeness (QED) is 0.900. The Balaban J connectivity index is 2.17. The minimum absolute atomic E-state index is 0.0708. The minimum atomic E-state index is -0.284. The molecule has 1 N–H and O–H groups in total. The van der Waals surface area contributed by atoms with Crippen LogP contribution in [-0.4, -0.2) is 22.1 Å². The first-order valence-electron chi connectivity index (χ1n) is 5.59. The number of nitriles is 1. The molecule has 1 aromatic heterocycles. The zero-order valence-corrected chi connectivity index (χ0v) is 10.3. The molecule has 1 amide bonds. The number of aromatic nitrogens is 2. The number of nitrogens with zero attached hydrogens (tertiary/aromatic N) is 3. The zero-order valence-electron chi connectivity index (χ0n) is 10.3. The Morgan fingerprint density at radius 1 is 1.53 bits per heavy atom. The third-order valence-corrected chi connectivity index (χ3v) is 2.48. The van der Waals surface area contributed by atoms with E-state index < -0.39 is 0 Å². The van der Waals surface area contributed by atoms with Gasteiger partial charge in [-0.2, -0.15) is 5.26 Å². The number of benzene rings is 1. The van der Waals surface area contributed by atoms with E-state index in [1.165, 1.54) is 6.20 Å². The van der Waals surface area contributed by atoms with E-state index in [9.17, 15) is 4.79 Å². The Labute approximate surface area is 110 Å². The van der Waals surface area contributed by atoms with E-state index in [-0.39, 0.29) is 12.5 Å². The number of carbonyl (C=O) groups excluding carboxylic acids is 1. The Kier molecular flexibility index (Phi) is 3.78. The van der Waals surface area contributed by atoms with Crippen LogP contribution < -0.4 is 10.1 Å². The molecule has 0 radical (unpaired) electrons. The highest BCUT2D eigenvalue weighted by molar-refractivity contribution is 6.03. The molecule has 0 saturated heterocycles. The average Bonchev–Trinajstić information content (AvgIpc) is 2.84. The molecule has 0 aliphatic carbocycles. The first-order valence-corrected chi connectivity index (χ1v) is 5.59. The second-order valence-electron chi connectivity index (χ2n) is 3.79. The first-order chi connectivity index (χ1) is 9.22. The molecule has 0 fully saturated rings. The van der Waals surface area contributed by atoms with Gasteiger partial charge in [-0.15, -0.1) is 0 Å². The van der Waals surface area contributed by atoms with Crippen molar-refractivity contribution in [1.29, 1.82) is 5.26 Å². The van der Waals surface area contributed by atoms with E-state index in [2.05, 4.69) is 10.3 Å². The van der Waals surface area contributed by atoms with E-state index in [0.29, 0.717) is 17.1 Å². The summed E-state index contributed by atoms with van der Waals surface area (Å²) < 4.78 is 6.86. The van der Waals surface area contributed by atoms with Gasteiger partial charge in [-0.05, 0) is 12.1 Å². The molecule has 0 saturated carbocycles. The van der Waals surface area contributed by atoms with Crippen molar-refractivity contribution in [3.63, 3.8) is 0 Å². The Hall–Kier alpha value is -2.81. The van der Waals surface area contributed by atoms with Crippen LogP contribution in [0.2, 0.25) is 0 Å². The second kappa shape index (κ2) is 5.69. The molecule has 0 spiro atoms. The maximum absolute atomic E-state index is 12.0. The van der Waals surface area contributed by atoms with E-state index in [1.807, 2.05) is 6.07 Å². The van der Waals surface area contributed by atoms with Crippen LogP contribution in [0.3, 0.4) is 0 Å². The number of aryl methyl sites for hydroxylation is 1. The van der Waals surface area contributed by atoms with Crippen molar-refractivity contribution in [2.75, 3.05) is 11.9 Å². The van der Waals surface area contributed by atoms with Crippen LogP contribution in [0, 0.1) is 11.3 Å². The Morgan fingerprint density at radius 3 is 3.00 bits per heavy atom. The van der Waals surface area contributed by atoms with Gasteiger partial charge in [-0.25, -0.2) is 4.98 Å². The molecule has 0 aliphatic heterocycles. The molecular weight excluding hydrogens is 244 g/mol. The van der Waals surface area contributed by atoms with Crippen LogP contribution >= 0.6 is 0 Å². The number of carbonyl (C=O) groups is 1. The van der Waals surface area contributed by atoms with Crippen molar-refractivity contribution in [3.8, 4) is 11.8 Å². The smallest absolute Gasteiger partial charge is 0.274 e. The zero-order chi connectivity index (χ0) is 13.7. The summed E-state index contributed by atoms with van der Waals surface area (Å²) in [6.45, 7) is -0.0708. The number of nitrogens with one attached hydrogen (secondary N) is 1. The highest BCUT2D eigenvalue weighted by atomic mass is 16.5. The maximum atomic E-state index is 12.0. The molecule has 96 valence electrons. The van der Waals surface area contributed by atoms with E-state index in [0.717, 1.165) is 0 Å². The third-order valence-electron chi connectivity index (χ3n) is 2.48. The Bertz CT molecular complexity index is 628. The lowest BCUT2D eigenvalue weighted by molar-refractivity contribution is 0.101. The third kappa shape index (κ3) is 2.90. The predicted octanol–water partition coefficient (Wildman–Crippen LogP) is 1.57. The van der Waals surface area contributed by atoms with Gasteiger partial charge >= 0.3 is 0 Å². The molecule has 2 rings (SSSR count). The van der Waals surface area contributed by atoms with Crippen molar-refractivity contribution in [2.45, 2.75) is 0 Å². The monoisotopic (exact) mass is 256 g/mol. The molecule has 2 aromatic rings. The fourth-order valence-electron chi connectivity index (χ4n) is 1.57. The van der Waals surface area contributed by atoms with Crippen molar-refractivity contribution in [2.24, 2.45) is 7.05 Å². The highest BCUT2D eigenvalue weighted by Gasteiger charge is 2.12. The predicted molar refractivity (Wildman–Crippen MR) is 68.7 cm³/mol. The number of rotatable bonds is 4. The van der Waals surface area contributed by atoms with Gasteiger partial charge < -0.3 is 14.6 Å². The lowest BCUT2D eigenvalue weighted by Crippen LogP contribution is -2.16. The van der Waals surface area contributed by atoms with Crippen molar-refractivity contribution in [3.05, 3.63) is 42.5 Å². The molecule has 0 bridgehead atoms. The minimum Gasteiger partial charge on any atom is -0.477 e. The maximum Gasteiger partial charge on any atom is 0.274 e. The van der Waals surface area contributed by atoms with Gasteiger partial charge in [0.2, 0.25) is 0 Å². The summed E-state index contributed by atoms with van der Waals surface area (Å²) in [5.41, 5.74) is 0.957. The molecular formula is C13H12N4O2. The van der Waals surface area contributed by atoms with E-state index >= 15 is 0 Å². The summed E-state index contributed by atoms with van der Waals surface area (Å²) in [6, 6.07) is 8.83. The van der Waals surface area contributed by atoms with Gasteiger partial charge in [0, 0.05) is 7.05 Å². The van der Waals surface area contributed by atoms with Crippen LogP contribution in [0.5, 0.6) is 5.75 Å². The number of amides is 1. The standard InChI is InChI=1S/C13H12N4O2/c1-17-9-15-8-11(17)13(18)16-10-4-2-3-5-12(10)19-7-6-14/h2-5,8-9H,7H2,1H3,(H,16,18). The fourth-order valence-corrected chi connectivity index (χ4v) is 1.57. The van der Waals surface area contributed by atoms with Gasteiger partial charge in [0.15, 0.2) is 6.61 Å². The van der Waals surface area contributed by atoms with Crippen LogP contribution in [0.1, 0.15) is 10.5 Å². The lowest BCUT2D eigenvalue weighted by Gasteiger charge is -2.10. The molecule has 0 atom stereocenters. The van der Waals surface area contributed by atoms with Crippen molar-refractivity contribution in [1.82, 2.24) is 9.55 Å². The van der Waals surface area contributed by atoms with Crippen LogP contribution in [0.15, 0.2) is 36.8 Å². The number of hydrogen-bond acceptors (Lipinski definition) is 4. The summed E-state index contributed by atoms with van der Waals surface area (Å²) in [4.78, 5) is 15.9. The molecule has 6 heteroatoms. The summed E-state index contributed by atoms with van der Waals surface area (Å²) in [7, 11) is 1.74. The van der Waals surface area contributed by atoms with E-state index in [4.69, 9.17) is 10.00 Å². The molecule has 1 aromatic carbocycles. The molecule has 19 heavy (non-hydrogen) atoms. The average molecular weight is 256 g/mol. The van der Waals surface area contributed by atoms with Gasteiger partial charge in [0.1, 0.15) is 17.5 Å². The summed E-state index contributed by atoms with van der Waals surface area (Å²) >= 11 is 0. The van der Waals surface area contributed by atoms with Gasteiger partial charge in [-0.1, -0.05) is 12.1 Å². The molecule has 6 nitrogen and oxygen atoms in total. The van der Waals surface area contributed by atoms with Crippen LogP contribution in [-0.2, 0) is 7.05 Å². The molecule has 0 aliphatic rings. The topological polar surface area (TPSA) is 79.9 Å². The Morgan fingerprint density at radius 2 is 2.32 bits per heavy atom. The summed E-state index contributed by atoms with van der Waals surface area (Å²) in [6.07, 6.45) is 3.03. The number of anilines is 1. The lowest BCUT2D eigenvalue weighted by atomic mass is 10.3. The van der Waals surface area contributed by atoms with Gasteiger partial charge in [0.25, 0.3) is 5.91 Å². The summed E-state index contributed by atoms with van der Waals surface area (Å²) in [5, 5.41) is 11.2. The fraction of sp³-hybridized carbons (Fsp3) is 0.154. The normalized spacial score (nSPS) is 9.68. The van der Waals surface area contributed by atoms with Gasteiger partial charge in [0.05, 0.1) is 18.2 Å². The number of ether oxygens (including phenoxy) is 1. The SMILES string of the molecule is Cn1cncc1C(=O)Nc1ccccc1OCC#N. The number of imidazole rings is 1. The number of hydrogen-bond donors (Lipinski definition) is 1. The summed E-state index contributed by atoms with van der Waals surface area (Å²) in [5.74, 6) is 0.174. The highest BCUT2D eigenvalue weighted by Crippen LogP contribution is 2.24. The second-order valence-corrected chi connectivity index (χ2v) is 3.79. The molecule has 1 heterocycles. The van der Waals surface area contributed by atoms with E-state index in [1.54, 1.807) is 42.2 Å². The molecule has 0 unspecified atom stereocenters. The number of para-hydroxylation sites is 2.